The summed E-state index contributed by atoms with van der Waals surface area (Å²) in [6.07, 6.45) is 10.3. The minimum Gasteiger partial charge on any atom is -0.375 e. The normalized spacial score (nSPS) is 20.8. The van der Waals surface area contributed by atoms with Crippen LogP contribution in [0, 0.1) is 0 Å². The summed E-state index contributed by atoms with van der Waals surface area (Å²) < 4.78 is 6.22. The van der Waals surface area contributed by atoms with Crippen molar-refractivity contribution < 1.29 is 4.74 Å². The van der Waals surface area contributed by atoms with Crippen LogP contribution in [-0.4, -0.2) is 23.7 Å². The Morgan fingerprint density at radius 3 is 2.86 bits per heavy atom. The molecule has 1 aliphatic heterocycles. The summed E-state index contributed by atoms with van der Waals surface area (Å²) in [5.74, 6) is 0.543. The lowest BCUT2D eigenvalue weighted by Gasteiger charge is -2.38. The molecule has 28 heavy (non-hydrogen) atoms. The quantitative estimate of drug-likeness (QED) is 0.608. The standard InChI is InChI=1S/C23H29ClN2O.ClH/c24-21-7-3-5-18(15-21)17-25-13-8-19-6-4-12-26-22(19)20-9-14-27-23(16-20)10-1-2-11-23;/h3-7,12,15,20,25H,1-2,8-11,13-14,16-17H2;1H. The number of hydrogen-bond donors (Lipinski definition) is 1. The Labute approximate surface area is 179 Å². The maximum absolute atomic E-state index is 6.22. The van der Waals surface area contributed by atoms with Crippen molar-refractivity contribution in [1.82, 2.24) is 10.3 Å². The molecule has 1 saturated carbocycles. The summed E-state index contributed by atoms with van der Waals surface area (Å²) in [6, 6.07) is 12.4. The number of rotatable bonds is 6. The molecule has 0 bridgehead atoms. The molecule has 2 aromatic rings. The molecule has 5 heteroatoms. The van der Waals surface area contributed by atoms with Crippen molar-refractivity contribution in [3.05, 3.63) is 64.4 Å². The average Bonchev–Trinajstić information content (AvgIpc) is 3.13. The predicted octanol–water partition coefficient (Wildman–Crippen LogP) is 5.70. The second-order valence-corrected chi connectivity index (χ2v) is 8.47. The Morgan fingerprint density at radius 1 is 1.18 bits per heavy atom. The molecule has 1 spiro atoms. The third kappa shape index (κ3) is 5.27. The van der Waals surface area contributed by atoms with Crippen LogP contribution in [0.1, 0.15) is 61.3 Å². The summed E-state index contributed by atoms with van der Waals surface area (Å²) in [5, 5.41) is 4.34. The van der Waals surface area contributed by atoms with Crippen molar-refractivity contribution in [2.75, 3.05) is 13.2 Å². The zero-order valence-electron chi connectivity index (χ0n) is 16.3. The van der Waals surface area contributed by atoms with Gasteiger partial charge >= 0.3 is 0 Å². The minimum atomic E-state index is 0. The number of nitrogens with one attached hydrogen (secondary N) is 1. The van der Waals surface area contributed by atoms with Gasteiger partial charge < -0.3 is 10.1 Å². The van der Waals surface area contributed by atoms with Crippen molar-refractivity contribution in [1.29, 1.82) is 0 Å². The highest BCUT2D eigenvalue weighted by Crippen LogP contribution is 2.45. The summed E-state index contributed by atoms with van der Waals surface area (Å²) in [5.41, 5.74) is 4.05. The van der Waals surface area contributed by atoms with Gasteiger partial charge in [0.05, 0.1) is 5.60 Å². The van der Waals surface area contributed by atoms with Crippen LogP contribution in [0.4, 0.5) is 0 Å². The number of ether oxygens (including phenoxy) is 1. The fraction of sp³-hybridized carbons (Fsp3) is 0.522. The summed E-state index contributed by atoms with van der Waals surface area (Å²) >= 11 is 6.07. The molecule has 2 aliphatic rings. The maximum atomic E-state index is 6.22. The van der Waals surface area contributed by atoms with E-state index in [9.17, 15) is 0 Å². The molecular formula is C23H30Cl2N2O. The Balaban J connectivity index is 0.00000225. The Kier molecular flexibility index (Phi) is 7.76. The van der Waals surface area contributed by atoms with Crippen LogP contribution in [0.25, 0.3) is 0 Å². The largest absolute Gasteiger partial charge is 0.375 e. The molecule has 1 saturated heterocycles. The fourth-order valence-electron chi connectivity index (χ4n) is 4.76. The van der Waals surface area contributed by atoms with E-state index in [1.165, 1.54) is 42.5 Å². The maximum Gasteiger partial charge on any atom is 0.0689 e. The topological polar surface area (TPSA) is 34.2 Å². The van der Waals surface area contributed by atoms with Crippen LogP contribution in [0.2, 0.25) is 5.02 Å². The van der Waals surface area contributed by atoms with E-state index in [2.05, 4.69) is 23.5 Å². The van der Waals surface area contributed by atoms with Gasteiger partial charge in [-0.25, -0.2) is 0 Å². The van der Waals surface area contributed by atoms with Crippen LogP contribution in [0.15, 0.2) is 42.6 Å². The van der Waals surface area contributed by atoms with E-state index < -0.39 is 0 Å². The van der Waals surface area contributed by atoms with Gasteiger partial charge in [0, 0.05) is 36.0 Å². The first-order valence-corrected chi connectivity index (χ1v) is 10.6. The number of halogens is 2. The van der Waals surface area contributed by atoms with Gasteiger partial charge in [-0.1, -0.05) is 42.6 Å². The number of aromatic nitrogens is 1. The monoisotopic (exact) mass is 420 g/mol. The molecule has 152 valence electrons. The lowest BCUT2D eigenvalue weighted by Crippen LogP contribution is -2.37. The Morgan fingerprint density at radius 2 is 2.04 bits per heavy atom. The number of nitrogens with zero attached hydrogens (tertiary/aromatic N) is 1. The summed E-state index contributed by atoms with van der Waals surface area (Å²) in [6.45, 7) is 2.67. The van der Waals surface area contributed by atoms with Crippen molar-refractivity contribution in [3.63, 3.8) is 0 Å². The second kappa shape index (κ2) is 10.1. The van der Waals surface area contributed by atoms with E-state index >= 15 is 0 Å². The zero-order chi connectivity index (χ0) is 18.5. The number of pyridine rings is 1. The van der Waals surface area contributed by atoms with E-state index in [0.717, 1.165) is 44.0 Å². The van der Waals surface area contributed by atoms with Gasteiger partial charge in [-0.2, -0.15) is 0 Å². The zero-order valence-corrected chi connectivity index (χ0v) is 17.9. The van der Waals surface area contributed by atoms with E-state index in [-0.39, 0.29) is 18.0 Å². The lowest BCUT2D eigenvalue weighted by atomic mass is 9.81. The first-order chi connectivity index (χ1) is 13.2. The third-order valence-corrected chi connectivity index (χ3v) is 6.34. The molecule has 3 nitrogen and oxygen atoms in total. The molecule has 0 radical (unpaired) electrons. The second-order valence-electron chi connectivity index (χ2n) is 8.03. The number of hydrogen-bond acceptors (Lipinski definition) is 3. The van der Waals surface area contributed by atoms with Gasteiger partial charge in [0.1, 0.15) is 0 Å². The summed E-state index contributed by atoms with van der Waals surface area (Å²) in [7, 11) is 0. The van der Waals surface area contributed by atoms with Crippen molar-refractivity contribution in [3.8, 4) is 0 Å². The fourth-order valence-corrected chi connectivity index (χ4v) is 4.97. The highest BCUT2D eigenvalue weighted by atomic mass is 35.5. The van der Waals surface area contributed by atoms with Crippen molar-refractivity contribution in [2.45, 2.75) is 63.0 Å². The third-order valence-electron chi connectivity index (χ3n) is 6.11. The highest BCUT2D eigenvalue weighted by molar-refractivity contribution is 6.30. The van der Waals surface area contributed by atoms with Gasteiger partial charge in [-0.15, -0.1) is 12.4 Å². The van der Waals surface area contributed by atoms with Crippen LogP contribution in [-0.2, 0) is 17.7 Å². The Bertz CT molecular complexity index is 762. The van der Waals surface area contributed by atoms with Crippen molar-refractivity contribution >= 4 is 24.0 Å². The molecule has 1 unspecified atom stereocenters. The average molecular weight is 421 g/mol. The predicted molar refractivity (Wildman–Crippen MR) is 117 cm³/mol. The van der Waals surface area contributed by atoms with Gasteiger partial charge in [-0.05, 0) is 68.0 Å². The van der Waals surface area contributed by atoms with E-state index in [1.54, 1.807) is 0 Å². The highest BCUT2D eigenvalue weighted by Gasteiger charge is 2.40. The van der Waals surface area contributed by atoms with Crippen LogP contribution in [0.5, 0.6) is 0 Å². The van der Waals surface area contributed by atoms with Crippen LogP contribution in [0.3, 0.4) is 0 Å². The Hall–Kier alpha value is -1.13. The molecule has 1 aromatic carbocycles. The molecule has 1 aliphatic carbocycles. The molecule has 2 heterocycles. The molecule has 4 rings (SSSR count). The van der Waals surface area contributed by atoms with Gasteiger partial charge in [0.25, 0.3) is 0 Å². The summed E-state index contributed by atoms with van der Waals surface area (Å²) in [4.78, 5) is 4.80. The molecular weight excluding hydrogens is 391 g/mol. The first kappa shape index (κ1) is 21.6. The van der Waals surface area contributed by atoms with Crippen LogP contribution < -0.4 is 5.32 Å². The SMILES string of the molecule is Cl.Clc1cccc(CNCCc2cccnc2C2CCOC3(CCCC3)C2)c1. The van der Waals surface area contributed by atoms with E-state index in [1.807, 2.05) is 24.4 Å². The van der Waals surface area contributed by atoms with Gasteiger partial charge in [0.2, 0.25) is 0 Å². The molecule has 2 fully saturated rings. The van der Waals surface area contributed by atoms with E-state index in [0.29, 0.717) is 5.92 Å². The first-order valence-electron chi connectivity index (χ1n) is 10.3. The van der Waals surface area contributed by atoms with Gasteiger partial charge in [0.15, 0.2) is 0 Å². The minimum absolute atomic E-state index is 0. The molecule has 1 atom stereocenters. The van der Waals surface area contributed by atoms with Gasteiger partial charge in [-0.3, -0.25) is 4.98 Å². The van der Waals surface area contributed by atoms with Crippen LogP contribution >= 0.6 is 24.0 Å². The smallest absolute Gasteiger partial charge is 0.0689 e. The number of benzene rings is 1. The van der Waals surface area contributed by atoms with Crippen molar-refractivity contribution in [2.24, 2.45) is 0 Å². The lowest BCUT2D eigenvalue weighted by molar-refractivity contribution is -0.0809. The van der Waals surface area contributed by atoms with E-state index in [4.69, 9.17) is 21.3 Å². The molecule has 1 N–H and O–H groups in total. The molecule has 1 aromatic heterocycles. The molecule has 0 amide bonds.